The molecule has 0 aliphatic rings. The van der Waals surface area contributed by atoms with Crippen LogP contribution in [0.25, 0.3) is 0 Å². The monoisotopic (exact) mass is 233 g/mol. The van der Waals surface area contributed by atoms with Crippen LogP contribution in [0, 0.1) is 5.41 Å². The van der Waals surface area contributed by atoms with E-state index in [9.17, 15) is 4.79 Å². The minimum Gasteiger partial charge on any atom is -0.330 e. The Hall–Kier alpha value is -1.15. The molecule has 0 atom stereocenters. The smallest absolute Gasteiger partial charge is 0.168 e. The summed E-state index contributed by atoms with van der Waals surface area (Å²) in [4.78, 5) is 12.3. The van der Waals surface area contributed by atoms with Crippen LogP contribution in [0.15, 0.2) is 24.3 Å². The Kier molecular flexibility index (Phi) is 4.47. The number of ketones is 1. The lowest BCUT2D eigenvalue weighted by atomic mass is 9.81. The third kappa shape index (κ3) is 3.40. The molecule has 2 N–H and O–H groups in total. The van der Waals surface area contributed by atoms with E-state index in [-0.39, 0.29) is 11.2 Å². The Morgan fingerprint density at radius 3 is 2.18 bits per heavy atom. The molecule has 0 heterocycles. The zero-order valence-electron chi connectivity index (χ0n) is 11.3. The van der Waals surface area contributed by atoms with Gasteiger partial charge in [0.1, 0.15) is 0 Å². The molecule has 0 spiro atoms. The molecule has 0 aliphatic carbocycles. The topological polar surface area (TPSA) is 43.1 Å². The third-order valence-electron chi connectivity index (χ3n) is 3.22. The number of nitrogens with two attached hydrogens (primary N) is 1. The Morgan fingerprint density at radius 2 is 1.76 bits per heavy atom. The highest BCUT2D eigenvalue weighted by Crippen LogP contribution is 2.26. The first kappa shape index (κ1) is 13.9. The van der Waals surface area contributed by atoms with E-state index in [2.05, 4.69) is 13.8 Å². The number of rotatable bonds is 5. The van der Waals surface area contributed by atoms with Crippen molar-refractivity contribution in [2.75, 3.05) is 6.54 Å². The molecule has 0 aliphatic heterocycles. The molecule has 0 amide bonds. The van der Waals surface area contributed by atoms with Crippen molar-refractivity contribution in [3.63, 3.8) is 0 Å². The second-order valence-corrected chi connectivity index (χ2v) is 5.53. The summed E-state index contributed by atoms with van der Waals surface area (Å²) in [6, 6.07) is 7.93. The van der Waals surface area contributed by atoms with Gasteiger partial charge in [0.25, 0.3) is 0 Å². The van der Waals surface area contributed by atoms with Crippen LogP contribution >= 0.6 is 0 Å². The molecule has 0 saturated heterocycles. The highest BCUT2D eigenvalue weighted by molar-refractivity contribution is 6.00. The van der Waals surface area contributed by atoms with Gasteiger partial charge in [-0.3, -0.25) is 4.79 Å². The van der Waals surface area contributed by atoms with E-state index in [1.165, 1.54) is 5.56 Å². The average molecular weight is 233 g/mol. The van der Waals surface area contributed by atoms with E-state index >= 15 is 0 Å². The van der Waals surface area contributed by atoms with E-state index in [1.54, 1.807) is 0 Å². The fraction of sp³-hybridized carbons (Fsp3) is 0.533. The number of hydrogen-bond donors (Lipinski definition) is 1. The van der Waals surface area contributed by atoms with Crippen molar-refractivity contribution < 1.29 is 4.79 Å². The van der Waals surface area contributed by atoms with Crippen molar-refractivity contribution in [3.8, 4) is 0 Å². The van der Waals surface area contributed by atoms with E-state index in [0.717, 1.165) is 12.0 Å². The fourth-order valence-electron chi connectivity index (χ4n) is 1.88. The lowest BCUT2D eigenvalue weighted by Crippen LogP contribution is -2.27. The summed E-state index contributed by atoms with van der Waals surface area (Å²) in [6.45, 7) is 8.75. The molecular weight excluding hydrogens is 210 g/mol. The van der Waals surface area contributed by atoms with Crippen molar-refractivity contribution in [2.45, 2.75) is 40.0 Å². The molecule has 17 heavy (non-hydrogen) atoms. The minimum absolute atomic E-state index is 0.179. The van der Waals surface area contributed by atoms with Crippen LogP contribution in [0.4, 0.5) is 0 Å². The first-order chi connectivity index (χ1) is 7.88. The Balaban J connectivity index is 2.90. The van der Waals surface area contributed by atoms with E-state index in [1.807, 2.05) is 38.1 Å². The predicted octanol–water partition coefficient (Wildman–Crippen LogP) is 3.37. The first-order valence-corrected chi connectivity index (χ1v) is 6.23. The summed E-state index contributed by atoms with van der Waals surface area (Å²) >= 11 is 0. The number of carbonyl (C=O) groups excluding carboxylic acids is 1. The average Bonchev–Trinajstić information content (AvgIpc) is 2.28. The highest BCUT2D eigenvalue weighted by Gasteiger charge is 2.27. The maximum atomic E-state index is 12.3. The van der Waals surface area contributed by atoms with Crippen molar-refractivity contribution in [2.24, 2.45) is 11.1 Å². The maximum absolute atomic E-state index is 12.3. The van der Waals surface area contributed by atoms with Gasteiger partial charge >= 0.3 is 0 Å². The molecule has 0 radical (unpaired) electrons. The van der Waals surface area contributed by atoms with Gasteiger partial charge in [-0.2, -0.15) is 0 Å². The molecule has 94 valence electrons. The second kappa shape index (κ2) is 5.46. The molecule has 1 rings (SSSR count). The largest absolute Gasteiger partial charge is 0.330 e. The van der Waals surface area contributed by atoms with Gasteiger partial charge in [0.2, 0.25) is 0 Å². The maximum Gasteiger partial charge on any atom is 0.168 e. The van der Waals surface area contributed by atoms with Crippen LogP contribution in [0.1, 0.15) is 56.0 Å². The molecule has 1 aromatic rings. The second-order valence-electron chi connectivity index (χ2n) is 5.53. The van der Waals surface area contributed by atoms with Gasteiger partial charge in [-0.1, -0.05) is 52.0 Å². The quantitative estimate of drug-likeness (QED) is 0.792. The number of hydrogen-bond acceptors (Lipinski definition) is 2. The van der Waals surface area contributed by atoms with Crippen LogP contribution in [0.3, 0.4) is 0 Å². The number of Topliss-reactive ketones (excluding diaryl/α,β-unsaturated/α-hetero) is 1. The van der Waals surface area contributed by atoms with E-state index in [4.69, 9.17) is 5.73 Å². The SMILES string of the molecule is CC(C)c1ccc(C(=O)C(C)(C)CCN)cc1. The van der Waals surface area contributed by atoms with E-state index < -0.39 is 0 Å². The lowest BCUT2D eigenvalue weighted by molar-refractivity contribution is 0.0829. The fourth-order valence-corrected chi connectivity index (χ4v) is 1.88. The molecule has 0 saturated carbocycles. The molecule has 2 nitrogen and oxygen atoms in total. The zero-order valence-corrected chi connectivity index (χ0v) is 11.3. The van der Waals surface area contributed by atoms with Gasteiger partial charge in [-0.05, 0) is 24.4 Å². The standard InChI is InChI=1S/C15H23NO/c1-11(2)12-5-7-13(8-6-12)14(17)15(3,4)9-10-16/h5-8,11H,9-10,16H2,1-4H3. The van der Waals surface area contributed by atoms with Gasteiger partial charge in [0, 0.05) is 11.0 Å². The Labute approximate surface area is 104 Å². The predicted molar refractivity (Wildman–Crippen MR) is 72.3 cm³/mol. The van der Waals surface area contributed by atoms with Gasteiger partial charge in [0.15, 0.2) is 5.78 Å². The highest BCUT2D eigenvalue weighted by atomic mass is 16.1. The van der Waals surface area contributed by atoms with Gasteiger partial charge in [0.05, 0.1) is 0 Å². The summed E-state index contributed by atoms with van der Waals surface area (Å²) < 4.78 is 0. The molecule has 0 unspecified atom stereocenters. The van der Waals surface area contributed by atoms with E-state index in [0.29, 0.717) is 12.5 Å². The molecule has 1 aromatic carbocycles. The summed E-state index contributed by atoms with van der Waals surface area (Å²) in [5, 5.41) is 0. The normalized spacial score (nSPS) is 11.9. The van der Waals surface area contributed by atoms with Gasteiger partial charge in [-0.15, -0.1) is 0 Å². The number of carbonyl (C=O) groups is 1. The van der Waals surface area contributed by atoms with Gasteiger partial charge in [-0.25, -0.2) is 0 Å². The third-order valence-corrected chi connectivity index (χ3v) is 3.22. The molecule has 0 aromatic heterocycles. The van der Waals surface area contributed by atoms with Gasteiger partial charge < -0.3 is 5.73 Å². The summed E-state index contributed by atoms with van der Waals surface area (Å²) in [5.41, 5.74) is 7.22. The summed E-state index contributed by atoms with van der Waals surface area (Å²) in [5.74, 6) is 0.675. The molecule has 2 heteroatoms. The van der Waals surface area contributed by atoms with Crippen LogP contribution in [-0.2, 0) is 0 Å². The molecular formula is C15H23NO. The van der Waals surface area contributed by atoms with Crippen molar-refractivity contribution in [1.29, 1.82) is 0 Å². The Bertz CT molecular complexity index is 376. The van der Waals surface area contributed by atoms with Crippen LogP contribution in [-0.4, -0.2) is 12.3 Å². The molecule has 0 fully saturated rings. The summed E-state index contributed by atoms with van der Waals surface area (Å²) in [7, 11) is 0. The van der Waals surface area contributed by atoms with Crippen LogP contribution in [0.5, 0.6) is 0 Å². The Morgan fingerprint density at radius 1 is 1.24 bits per heavy atom. The van der Waals surface area contributed by atoms with Crippen LogP contribution < -0.4 is 5.73 Å². The van der Waals surface area contributed by atoms with Crippen molar-refractivity contribution in [1.82, 2.24) is 0 Å². The summed E-state index contributed by atoms with van der Waals surface area (Å²) in [6.07, 6.45) is 0.720. The zero-order chi connectivity index (χ0) is 13.1. The minimum atomic E-state index is -0.367. The first-order valence-electron chi connectivity index (χ1n) is 6.23. The van der Waals surface area contributed by atoms with Crippen molar-refractivity contribution >= 4 is 5.78 Å². The number of benzene rings is 1. The van der Waals surface area contributed by atoms with Crippen molar-refractivity contribution in [3.05, 3.63) is 35.4 Å². The van der Waals surface area contributed by atoms with Crippen LogP contribution in [0.2, 0.25) is 0 Å². The lowest BCUT2D eigenvalue weighted by Gasteiger charge is -2.22. The molecule has 0 bridgehead atoms.